The van der Waals surface area contributed by atoms with Gasteiger partial charge in [0.25, 0.3) is 0 Å². The Morgan fingerprint density at radius 3 is 1.14 bits per heavy atom. The maximum absolute atomic E-state index is 12.3. The Morgan fingerprint density at radius 1 is 0.786 bits per heavy atom. The molecule has 0 saturated heterocycles. The lowest BCUT2D eigenvalue weighted by molar-refractivity contribution is -0.140. The zero-order valence-electron chi connectivity index (χ0n) is 5.78. The van der Waals surface area contributed by atoms with Crippen molar-refractivity contribution in [3.8, 4) is 0 Å². The molecule has 0 aromatic rings. The summed E-state index contributed by atoms with van der Waals surface area (Å²) in [5, 5.41) is 0. The Hall–Kier alpha value is 2.04. The van der Waals surface area contributed by atoms with Gasteiger partial charge in [0.15, 0.2) is 3.96 Å². The molecular formula is C3Cl7F3Si. The van der Waals surface area contributed by atoms with Gasteiger partial charge in [-0.15, -0.1) is 33.2 Å². The van der Waals surface area contributed by atoms with Crippen molar-refractivity contribution in [2.24, 2.45) is 0 Å². The predicted molar refractivity (Wildman–Crippen MR) is 58.2 cm³/mol. The fourth-order valence-corrected chi connectivity index (χ4v) is 4.06. The maximum Gasteiger partial charge on any atom is 0.424 e. The molecule has 0 saturated carbocycles. The average Bonchev–Trinajstić information content (AvgIpc) is 1.81. The summed E-state index contributed by atoms with van der Waals surface area (Å²) in [5.41, 5.74) is 0. The second-order valence-corrected chi connectivity index (χ2v) is 14.0. The average molecular weight is 369 g/mol. The van der Waals surface area contributed by atoms with Crippen LogP contribution in [0.15, 0.2) is 0 Å². The molecule has 0 rings (SSSR count). The molecule has 0 aliphatic rings. The largest absolute Gasteiger partial charge is 0.424 e. The second kappa shape index (κ2) is 4.37. The topological polar surface area (TPSA) is 0 Å². The van der Waals surface area contributed by atoms with Gasteiger partial charge in [0.1, 0.15) is 0 Å². The first kappa shape index (κ1) is 16.0. The summed E-state index contributed by atoms with van der Waals surface area (Å²) < 4.78 is 30.4. The number of alkyl halides is 7. The van der Waals surface area contributed by atoms with Gasteiger partial charge in [-0.3, -0.25) is 0 Å². The molecule has 0 unspecified atom stereocenters. The summed E-state index contributed by atoms with van der Waals surface area (Å²) in [6.45, 7) is 0. The lowest BCUT2D eigenvalue weighted by atomic mass is 10.4. The van der Waals surface area contributed by atoms with Gasteiger partial charge in [-0.05, 0) is 0 Å². The van der Waals surface area contributed by atoms with Crippen LogP contribution in [0.25, 0.3) is 0 Å². The fourth-order valence-electron chi connectivity index (χ4n) is 0.356. The first-order chi connectivity index (χ1) is 5.75. The van der Waals surface area contributed by atoms with Crippen LogP contribution in [0.5, 0.6) is 0 Å². The van der Waals surface area contributed by atoms with Crippen molar-refractivity contribution in [3.63, 3.8) is 0 Å². The number of hydrogen-bond acceptors (Lipinski definition) is 0. The van der Waals surface area contributed by atoms with Crippen LogP contribution < -0.4 is 0 Å². The molecule has 11 heteroatoms. The molecule has 0 aromatic heterocycles. The summed E-state index contributed by atoms with van der Waals surface area (Å²) in [6.07, 6.45) is -5.11. The molecule has 14 heavy (non-hydrogen) atoms. The standard InChI is InChI=1S/C3Cl7F3Si/c4-1(5,3(11,12)13)2(6,7)14(8,9)10. The number of halogens is 10. The van der Waals surface area contributed by atoms with Gasteiger partial charge in [0.2, 0.25) is 4.33 Å². The highest BCUT2D eigenvalue weighted by molar-refractivity contribution is 7.68. The van der Waals surface area contributed by atoms with E-state index in [1.54, 1.807) is 0 Å². The fraction of sp³-hybridized carbons (Fsp3) is 1.00. The van der Waals surface area contributed by atoms with Crippen molar-refractivity contribution in [2.75, 3.05) is 0 Å². The van der Waals surface area contributed by atoms with E-state index in [4.69, 9.17) is 79.6 Å². The minimum atomic E-state index is -5.11. The van der Waals surface area contributed by atoms with Gasteiger partial charge in [-0.1, -0.05) is 46.4 Å². The predicted octanol–water partition coefficient (Wildman–Crippen LogP) is 5.09. The zero-order chi connectivity index (χ0) is 12.0. The van der Waals surface area contributed by atoms with Crippen LogP contribution in [-0.4, -0.2) is 20.5 Å². The third-order valence-corrected chi connectivity index (χ3v) is 10.5. The lowest BCUT2D eigenvalue weighted by Crippen LogP contribution is -2.57. The van der Waals surface area contributed by atoms with Crippen LogP contribution in [-0.2, 0) is 0 Å². The summed E-state index contributed by atoms with van der Waals surface area (Å²) >= 11 is 36.1. The van der Waals surface area contributed by atoms with E-state index in [1.165, 1.54) is 0 Å². The van der Waals surface area contributed by atoms with Crippen molar-refractivity contribution in [1.29, 1.82) is 0 Å². The number of hydrogen-bond donors (Lipinski definition) is 0. The Kier molecular flexibility index (Phi) is 5.01. The Morgan fingerprint density at radius 2 is 1.07 bits per heavy atom. The minimum absolute atomic E-state index is 2.90. The molecule has 0 atom stereocenters. The van der Waals surface area contributed by atoms with Gasteiger partial charge in [-0.2, -0.15) is 13.2 Å². The minimum Gasteiger partial charge on any atom is -0.168 e. The van der Waals surface area contributed by atoms with Gasteiger partial charge >= 0.3 is 12.2 Å². The van der Waals surface area contributed by atoms with E-state index >= 15 is 0 Å². The molecule has 0 bridgehead atoms. The molecule has 86 valence electrons. The van der Waals surface area contributed by atoms with E-state index in [9.17, 15) is 13.2 Å². The zero-order valence-corrected chi connectivity index (χ0v) is 12.1. The van der Waals surface area contributed by atoms with Crippen molar-refractivity contribution < 1.29 is 13.2 Å². The molecule has 0 heterocycles. The van der Waals surface area contributed by atoms with E-state index in [-0.39, 0.29) is 0 Å². The maximum atomic E-state index is 12.3. The molecule has 0 nitrogen and oxygen atoms in total. The summed E-state index contributed by atoms with van der Waals surface area (Å²) in [7, 11) is 0. The molecular weight excluding hydrogens is 369 g/mol. The van der Waals surface area contributed by atoms with Gasteiger partial charge < -0.3 is 0 Å². The molecule has 0 radical (unpaired) electrons. The van der Waals surface area contributed by atoms with Gasteiger partial charge in [0.05, 0.1) is 0 Å². The van der Waals surface area contributed by atoms with Gasteiger partial charge in [0, 0.05) is 0 Å². The van der Waals surface area contributed by atoms with Crippen molar-refractivity contribution in [2.45, 2.75) is 14.5 Å². The van der Waals surface area contributed by atoms with Crippen molar-refractivity contribution >= 4 is 85.6 Å². The molecule has 0 spiro atoms. The van der Waals surface area contributed by atoms with Crippen LogP contribution in [0.1, 0.15) is 0 Å². The Balaban J connectivity index is 5.30. The van der Waals surface area contributed by atoms with E-state index in [0.717, 1.165) is 0 Å². The normalized spacial score (nSPS) is 15.9. The third kappa shape index (κ3) is 2.83. The second-order valence-electron chi connectivity index (χ2n) is 2.14. The summed E-state index contributed by atoms with van der Waals surface area (Å²) in [6, 6.07) is -4.17. The monoisotopic (exact) mass is 366 g/mol. The highest BCUT2D eigenvalue weighted by Gasteiger charge is 2.73. The first-order valence-corrected chi connectivity index (χ1v) is 9.19. The lowest BCUT2D eigenvalue weighted by Gasteiger charge is -2.36. The molecule has 0 aliphatic carbocycles. The van der Waals surface area contributed by atoms with E-state index < -0.39 is 20.5 Å². The summed E-state index contributed by atoms with van der Waals surface area (Å²) in [5.74, 6) is 0. The van der Waals surface area contributed by atoms with Crippen LogP contribution in [0, 0.1) is 0 Å². The van der Waals surface area contributed by atoms with Crippen LogP contribution >= 0.6 is 79.6 Å². The van der Waals surface area contributed by atoms with Crippen LogP contribution in [0.3, 0.4) is 0 Å². The van der Waals surface area contributed by atoms with Crippen LogP contribution in [0.2, 0.25) is 0 Å². The molecule has 0 aromatic carbocycles. The Labute approximate surface area is 113 Å². The molecule has 0 aliphatic heterocycles. The van der Waals surface area contributed by atoms with Crippen LogP contribution in [0.4, 0.5) is 13.2 Å². The highest BCUT2D eigenvalue weighted by atomic mass is 35.8. The molecule has 0 fully saturated rings. The number of rotatable bonds is 2. The van der Waals surface area contributed by atoms with Crippen molar-refractivity contribution in [3.05, 3.63) is 0 Å². The van der Waals surface area contributed by atoms with E-state index in [0.29, 0.717) is 0 Å². The first-order valence-electron chi connectivity index (χ1n) is 2.64. The van der Waals surface area contributed by atoms with Gasteiger partial charge in [-0.25, -0.2) is 0 Å². The smallest absolute Gasteiger partial charge is 0.168 e. The molecule has 0 N–H and O–H groups in total. The quantitative estimate of drug-likeness (QED) is 0.361. The Bertz CT molecular complexity index is 193. The van der Waals surface area contributed by atoms with Crippen molar-refractivity contribution in [1.82, 2.24) is 0 Å². The summed E-state index contributed by atoms with van der Waals surface area (Å²) in [4.78, 5) is 0. The highest BCUT2D eigenvalue weighted by Crippen LogP contribution is 2.59. The van der Waals surface area contributed by atoms with E-state index in [2.05, 4.69) is 0 Å². The SMILES string of the molecule is FC(F)(F)C(Cl)(Cl)C(Cl)(Cl)[Si](Cl)(Cl)Cl. The third-order valence-electron chi connectivity index (χ3n) is 1.11. The van der Waals surface area contributed by atoms with E-state index in [1.807, 2.05) is 0 Å². The molecule has 0 amide bonds.